The summed E-state index contributed by atoms with van der Waals surface area (Å²) in [7, 11) is 7.11. The van der Waals surface area contributed by atoms with Gasteiger partial charge in [-0.1, -0.05) is 60.6 Å². The van der Waals surface area contributed by atoms with Crippen LogP contribution in [0.1, 0.15) is 27.7 Å². The van der Waals surface area contributed by atoms with E-state index in [4.69, 9.17) is 0 Å². The summed E-state index contributed by atoms with van der Waals surface area (Å²) in [5.74, 6) is 0. The van der Waals surface area contributed by atoms with E-state index < -0.39 is 0 Å². The van der Waals surface area contributed by atoms with Crippen LogP contribution in [0.3, 0.4) is 0 Å². The van der Waals surface area contributed by atoms with E-state index >= 15 is 0 Å². The van der Waals surface area contributed by atoms with Crippen LogP contribution in [0.25, 0.3) is 0 Å². The standard InChI is InChI=1S/C8H14N2S5/c1-5(2)12-14-7-9-10-8(11-7)15-13-6(3)4/h5-6H,1-4H3. The van der Waals surface area contributed by atoms with Gasteiger partial charge in [0.05, 0.1) is 0 Å². The summed E-state index contributed by atoms with van der Waals surface area (Å²) in [4.78, 5) is 0. The molecular weight excluding hydrogens is 284 g/mol. The highest BCUT2D eigenvalue weighted by atomic mass is 33.1. The highest BCUT2D eigenvalue weighted by Gasteiger charge is 2.08. The third-order valence-corrected chi connectivity index (χ3v) is 8.40. The molecule has 0 fully saturated rings. The normalized spacial score (nSPS) is 11.6. The molecule has 0 radical (unpaired) electrons. The zero-order valence-electron chi connectivity index (χ0n) is 9.09. The van der Waals surface area contributed by atoms with Crippen molar-refractivity contribution in [3.63, 3.8) is 0 Å². The van der Waals surface area contributed by atoms with Gasteiger partial charge in [-0.05, 0) is 21.6 Å². The van der Waals surface area contributed by atoms with Gasteiger partial charge >= 0.3 is 0 Å². The molecule has 1 aromatic heterocycles. The summed E-state index contributed by atoms with van der Waals surface area (Å²) in [5, 5.41) is 9.54. The second-order valence-electron chi connectivity index (χ2n) is 3.29. The molecule has 0 amide bonds. The zero-order chi connectivity index (χ0) is 11.3. The molecule has 0 atom stereocenters. The predicted molar refractivity (Wildman–Crippen MR) is 77.1 cm³/mol. The van der Waals surface area contributed by atoms with Crippen LogP contribution in [-0.2, 0) is 0 Å². The molecule has 1 heterocycles. The molecule has 0 aliphatic rings. The first-order chi connectivity index (χ1) is 7.08. The highest BCUT2D eigenvalue weighted by Crippen LogP contribution is 2.41. The van der Waals surface area contributed by atoms with Gasteiger partial charge in [-0.3, -0.25) is 0 Å². The lowest BCUT2D eigenvalue weighted by Gasteiger charge is -1.99. The smallest absolute Gasteiger partial charge is 0.130 e. The molecule has 0 spiro atoms. The van der Waals surface area contributed by atoms with Gasteiger partial charge in [-0.2, -0.15) is 0 Å². The van der Waals surface area contributed by atoms with E-state index in [1.165, 1.54) is 0 Å². The maximum atomic E-state index is 4.14. The molecule has 0 saturated heterocycles. The van der Waals surface area contributed by atoms with Crippen molar-refractivity contribution in [1.82, 2.24) is 10.2 Å². The molecule has 0 aromatic carbocycles. The van der Waals surface area contributed by atoms with Gasteiger partial charge in [-0.15, -0.1) is 10.2 Å². The van der Waals surface area contributed by atoms with Crippen molar-refractivity contribution in [3.05, 3.63) is 0 Å². The zero-order valence-corrected chi connectivity index (χ0v) is 13.2. The Morgan fingerprint density at radius 2 is 1.27 bits per heavy atom. The second-order valence-corrected chi connectivity index (χ2v) is 10.3. The molecule has 0 saturated carbocycles. The van der Waals surface area contributed by atoms with Crippen molar-refractivity contribution >= 4 is 54.5 Å². The van der Waals surface area contributed by atoms with E-state index in [-0.39, 0.29) is 0 Å². The molecule has 2 nitrogen and oxygen atoms in total. The minimum Gasteiger partial charge on any atom is -0.130 e. The first-order valence-electron chi connectivity index (χ1n) is 4.58. The molecule has 15 heavy (non-hydrogen) atoms. The van der Waals surface area contributed by atoms with Crippen LogP contribution in [0.4, 0.5) is 0 Å². The van der Waals surface area contributed by atoms with Gasteiger partial charge in [0.1, 0.15) is 0 Å². The van der Waals surface area contributed by atoms with Crippen LogP contribution in [0.5, 0.6) is 0 Å². The van der Waals surface area contributed by atoms with Crippen LogP contribution in [-0.4, -0.2) is 20.7 Å². The lowest BCUT2D eigenvalue weighted by molar-refractivity contribution is 0.959. The van der Waals surface area contributed by atoms with E-state index in [9.17, 15) is 0 Å². The topological polar surface area (TPSA) is 25.8 Å². The third-order valence-electron chi connectivity index (χ3n) is 1.01. The Kier molecular flexibility index (Phi) is 6.84. The summed E-state index contributed by atoms with van der Waals surface area (Å²) in [6.45, 7) is 8.73. The maximum absolute atomic E-state index is 4.14. The minimum atomic E-state index is 0.625. The Balaban J connectivity index is 2.35. The Morgan fingerprint density at radius 1 is 0.867 bits per heavy atom. The van der Waals surface area contributed by atoms with E-state index in [1.54, 1.807) is 32.9 Å². The minimum absolute atomic E-state index is 0.625. The largest absolute Gasteiger partial charge is 0.185 e. The molecule has 0 N–H and O–H groups in total. The third kappa shape index (κ3) is 6.31. The van der Waals surface area contributed by atoms with Crippen LogP contribution >= 0.6 is 54.5 Å². The highest BCUT2D eigenvalue weighted by molar-refractivity contribution is 8.78. The van der Waals surface area contributed by atoms with Crippen molar-refractivity contribution < 1.29 is 0 Å². The van der Waals surface area contributed by atoms with Gasteiger partial charge in [0, 0.05) is 10.5 Å². The number of hydrogen-bond donors (Lipinski definition) is 0. The van der Waals surface area contributed by atoms with Gasteiger partial charge < -0.3 is 0 Å². The fourth-order valence-electron chi connectivity index (χ4n) is 0.539. The second kappa shape index (κ2) is 7.32. The molecule has 0 bridgehead atoms. The maximum Gasteiger partial charge on any atom is 0.185 e. The van der Waals surface area contributed by atoms with Gasteiger partial charge in [-0.25, -0.2) is 0 Å². The van der Waals surface area contributed by atoms with Crippen LogP contribution in [0.2, 0.25) is 0 Å². The average Bonchev–Trinajstić information content (AvgIpc) is 2.59. The summed E-state index contributed by atoms with van der Waals surface area (Å²) >= 11 is 1.68. The van der Waals surface area contributed by atoms with Crippen LogP contribution in [0, 0.1) is 0 Å². The summed E-state index contributed by atoms with van der Waals surface area (Å²) in [6.07, 6.45) is 0. The van der Waals surface area contributed by atoms with Gasteiger partial charge in [0.25, 0.3) is 0 Å². The van der Waals surface area contributed by atoms with Gasteiger partial charge in [0.15, 0.2) is 8.68 Å². The van der Waals surface area contributed by atoms with E-state index in [2.05, 4.69) is 37.9 Å². The van der Waals surface area contributed by atoms with Crippen molar-refractivity contribution in [3.8, 4) is 0 Å². The quantitative estimate of drug-likeness (QED) is 0.697. The summed E-state index contributed by atoms with van der Waals surface area (Å²) in [6, 6.07) is 0. The number of rotatable bonds is 6. The molecule has 86 valence electrons. The summed E-state index contributed by atoms with van der Waals surface area (Å²) in [5.41, 5.74) is 0. The Labute approximate surface area is 111 Å². The molecule has 7 heteroatoms. The number of nitrogens with zero attached hydrogens (tertiary/aromatic N) is 2. The Hall–Kier alpha value is 0.960. The average molecular weight is 299 g/mol. The first-order valence-corrected chi connectivity index (χ1v) is 9.82. The van der Waals surface area contributed by atoms with E-state index in [0.29, 0.717) is 10.5 Å². The van der Waals surface area contributed by atoms with Crippen LogP contribution in [0.15, 0.2) is 8.68 Å². The van der Waals surface area contributed by atoms with Crippen molar-refractivity contribution in [2.75, 3.05) is 0 Å². The van der Waals surface area contributed by atoms with E-state index in [0.717, 1.165) is 8.68 Å². The van der Waals surface area contributed by atoms with Crippen LogP contribution < -0.4 is 0 Å². The SMILES string of the molecule is CC(C)SSc1nnc(SSC(C)C)s1. The van der Waals surface area contributed by atoms with Gasteiger partial charge in [0.2, 0.25) is 0 Å². The Morgan fingerprint density at radius 3 is 1.60 bits per heavy atom. The first kappa shape index (κ1) is 14.0. The monoisotopic (exact) mass is 298 g/mol. The van der Waals surface area contributed by atoms with Crippen molar-refractivity contribution in [1.29, 1.82) is 0 Å². The van der Waals surface area contributed by atoms with Crippen molar-refractivity contribution in [2.45, 2.75) is 46.9 Å². The number of aromatic nitrogens is 2. The molecule has 0 aliphatic carbocycles. The fourth-order valence-corrected chi connectivity index (χ4v) is 5.62. The Bertz CT molecular complexity index is 260. The lowest BCUT2D eigenvalue weighted by Crippen LogP contribution is -1.80. The molecule has 1 aromatic rings. The van der Waals surface area contributed by atoms with E-state index in [1.807, 2.05) is 21.6 Å². The lowest BCUT2D eigenvalue weighted by atomic mass is 10.6. The summed E-state index contributed by atoms with van der Waals surface area (Å²) < 4.78 is 2.11. The fraction of sp³-hybridized carbons (Fsp3) is 0.750. The molecule has 0 aliphatic heterocycles. The molecule has 0 unspecified atom stereocenters. The van der Waals surface area contributed by atoms with Crippen molar-refractivity contribution in [2.24, 2.45) is 0 Å². The molecule has 1 rings (SSSR count). The number of hydrogen-bond acceptors (Lipinski definition) is 7. The molecular formula is C8H14N2S5. The predicted octanol–water partition coefficient (Wildman–Crippen LogP) is 4.84.